The third-order valence-electron chi connectivity index (χ3n) is 4.42. The molecule has 0 bridgehead atoms. The van der Waals surface area contributed by atoms with Crippen molar-refractivity contribution in [1.29, 1.82) is 0 Å². The van der Waals surface area contributed by atoms with Gasteiger partial charge in [-0.05, 0) is 45.2 Å². The molecule has 0 spiro atoms. The lowest BCUT2D eigenvalue weighted by atomic mass is 9.99. The number of nitrogens with zero attached hydrogens (tertiary/aromatic N) is 2. The standard InChI is InChI=1S/C13H25N3O4S/c1-15-6-2-3-11(10-15)9-14-21(19,20)16-7-4-12(5-8-16)13(17)18/h11-12,14H,2-10H2,1H3,(H,17,18). The van der Waals surface area contributed by atoms with Gasteiger partial charge >= 0.3 is 5.97 Å². The number of hydrogen-bond acceptors (Lipinski definition) is 4. The third kappa shape index (κ3) is 4.64. The van der Waals surface area contributed by atoms with Crippen molar-refractivity contribution in [3.63, 3.8) is 0 Å². The Hall–Kier alpha value is -0.700. The first-order chi connectivity index (χ1) is 9.88. The summed E-state index contributed by atoms with van der Waals surface area (Å²) in [5.74, 6) is -0.885. The first kappa shape index (κ1) is 16.7. The summed E-state index contributed by atoms with van der Waals surface area (Å²) in [6, 6.07) is 0. The quantitative estimate of drug-likeness (QED) is 0.742. The van der Waals surface area contributed by atoms with Crippen LogP contribution in [-0.2, 0) is 15.0 Å². The summed E-state index contributed by atoms with van der Waals surface area (Å²) in [7, 11) is -1.42. The van der Waals surface area contributed by atoms with Gasteiger partial charge in [0.25, 0.3) is 10.2 Å². The molecule has 2 N–H and O–H groups in total. The van der Waals surface area contributed by atoms with E-state index < -0.39 is 22.1 Å². The Labute approximate surface area is 126 Å². The Morgan fingerprint density at radius 1 is 1.24 bits per heavy atom. The van der Waals surface area contributed by atoms with Crippen LogP contribution in [0.2, 0.25) is 0 Å². The highest BCUT2D eigenvalue weighted by atomic mass is 32.2. The molecule has 0 aliphatic carbocycles. The molecular weight excluding hydrogens is 294 g/mol. The number of carboxylic acid groups (broad SMARTS) is 1. The predicted octanol–water partition coefficient (Wildman–Crippen LogP) is -0.0408. The van der Waals surface area contributed by atoms with E-state index in [-0.39, 0.29) is 13.1 Å². The summed E-state index contributed by atoms with van der Waals surface area (Å²) in [5, 5.41) is 8.94. The second-order valence-corrected chi connectivity index (χ2v) is 7.89. The van der Waals surface area contributed by atoms with E-state index >= 15 is 0 Å². The highest BCUT2D eigenvalue weighted by Crippen LogP contribution is 2.20. The van der Waals surface area contributed by atoms with Crippen molar-refractivity contribution in [2.24, 2.45) is 11.8 Å². The summed E-state index contributed by atoms with van der Waals surface area (Å²) < 4.78 is 28.5. The minimum atomic E-state index is -3.48. The van der Waals surface area contributed by atoms with Gasteiger partial charge in [-0.2, -0.15) is 12.7 Å². The third-order valence-corrected chi connectivity index (χ3v) is 6.00. The van der Waals surface area contributed by atoms with Crippen molar-refractivity contribution >= 4 is 16.2 Å². The molecule has 8 heteroatoms. The van der Waals surface area contributed by atoms with E-state index in [1.807, 2.05) is 0 Å². The van der Waals surface area contributed by atoms with Crippen LogP contribution in [0, 0.1) is 11.8 Å². The molecule has 0 aromatic rings. The molecular formula is C13H25N3O4S. The number of likely N-dealkylation sites (tertiary alicyclic amines) is 1. The van der Waals surface area contributed by atoms with Crippen LogP contribution in [0.4, 0.5) is 0 Å². The highest BCUT2D eigenvalue weighted by Gasteiger charge is 2.31. The average Bonchev–Trinajstić information content (AvgIpc) is 2.45. The van der Waals surface area contributed by atoms with Gasteiger partial charge in [0.05, 0.1) is 5.92 Å². The van der Waals surface area contributed by atoms with E-state index in [2.05, 4.69) is 16.7 Å². The van der Waals surface area contributed by atoms with E-state index in [4.69, 9.17) is 5.11 Å². The number of hydrogen-bond donors (Lipinski definition) is 2. The first-order valence-corrected chi connectivity index (χ1v) is 8.98. The molecule has 0 aromatic carbocycles. The number of rotatable bonds is 5. The number of aliphatic carboxylic acids is 1. The van der Waals surface area contributed by atoms with Gasteiger partial charge in [-0.3, -0.25) is 4.79 Å². The fraction of sp³-hybridized carbons (Fsp3) is 0.923. The summed E-state index contributed by atoms with van der Waals surface area (Å²) in [6.45, 7) is 3.04. The molecule has 2 aliphatic rings. The van der Waals surface area contributed by atoms with Gasteiger partial charge in [-0.25, -0.2) is 4.72 Å². The fourth-order valence-electron chi connectivity index (χ4n) is 3.10. The Morgan fingerprint density at radius 3 is 2.48 bits per heavy atom. The number of carboxylic acids is 1. The maximum atomic E-state index is 12.2. The van der Waals surface area contributed by atoms with Crippen molar-refractivity contribution in [3.8, 4) is 0 Å². The fourth-order valence-corrected chi connectivity index (χ4v) is 4.42. The monoisotopic (exact) mass is 319 g/mol. The minimum absolute atomic E-state index is 0.289. The lowest BCUT2D eigenvalue weighted by Crippen LogP contribution is -2.48. The van der Waals surface area contributed by atoms with Gasteiger partial charge in [-0.15, -0.1) is 0 Å². The minimum Gasteiger partial charge on any atom is -0.481 e. The molecule has 0 radical (unpaired) electrons. The van der Waals surface area contributed by atoms with Crippen molar-refractivity contribution in [2.75, 3.05) is 39.8 Å². The molecule has 1 atom stereocenters. The van der Waals surface area contributed by atoms with Crippen LogP contribution >= 0.6 is 0 Å². The topological polar surface area (TPSA) is 90.0 Å². The Morgan fingerprint density at radius 2 is 1.90 bits per heavy atom. The van der Waals surface area contributed by atoms with Gasteiger partial charge < -0.3 is 10.0 Å². The van der Waals surface area contributed by atoms with Gasteiger partial charge in [0.2, 0.25) is 0 Å². The second kappa shape index (κ2) is 7.04. The molecule has 0 amide bonds. The molecule has 1 unspecified atom stereocenters. The van der Waals surface area contributed by atoms with Gasteiger partial charge in [0, 0.05) is 26.2 Å². The smallest absolute Gasteiger partial charge is 0.306 e. The summed E-state index contributed by atoms with van der Waals surface area (Å²) in [5.41, 5.74) is 0. The molecule has 122 valence electrons. The maximum absolute atomic E-state index is 12.2. The Kier molecular flexibility index (Phi) is 5.59. The van der Waals surface area contributed by atoms with Crippen molar-refractivity contribution in [3.05, 3.63) is 0 Å². The molecule has 2 rings (SSSR count). The summed E-state index contributed by atoms with van der Waals surface area (Å²) in [6.07, 6.45) is 2.94. The zero-order valence-corrected chi connectivity index (χ0v) is 13.3. The zero-order valence-electron chi connectivity index (χ0n) is 12.5. The number of piperidine rings is 2. The summed E-state index contributed by atoms with van der Waals surface area (Å²) in [4.78, 5) is 13.1. The molecule has 2 aliphatic heterocycles. The van der Waals surface area contributed by atoms with E-state index in [1.54, 1.807) is 0 Å². The van der Waals surface area contributed by atoms with Crippen LogP contribution in [0.15, 0.2) is 0 Å². The number of carbonyl (C=O) groups is 1. The highest BCUT2D eigenvalue weighted by molar-refractivity contribution is 7.87. The van der Waals surface area contributed by atoms with Crippen LogP contribution in [0.3, 0.4) is 0 Å². The second-order valence-electron chi connectivity index (χ2n) is 6.14. The lowest BCUT2D eigenvalue weighted by Gasteiger charge is -2.32. The van der Waals surface area contributed by atoms with E-state index in [1.165, 1.54) is 4.31 Å². The lowest BCUT2D eigenvalue weighted by molar-refractivity contribution is -0.142. The van der Waals surface area contributed by atoms with Gasteiger partial charge in [0.15, 0.2) is 0 Å². The van der Waals surface area contributed by atoms with Crippen molar-refractivity contribution < 1.29 is 18.3 Å². The largest absolute Gasteiger partial charge is 0.481 e. The molecule has 0 saturated carbocycles. The summed E-state index contributed by atoms with van der Waals surface area (Å²) >= 11 is 0. The van der Waals surface area contributed by atoms with Gasteiger partial charge in [0.1, 0.15) is 0 Å². The molecule has 0 aromatic heterocycles. The van der Waals surface area contributed by atoms with E-state index in [9.17, 15) is 13.2 Å². The van der Waals surface area contributed by atoms with Crippen LogP contribution in [0.1, 0.15) is 25.7 Å². The van der Waals surface area contributed by atoms with E-state index in [0.29, 0.717) is 25.3 Å². The number of nitrogens with one attached hydrogen (secondary N) is 1. The first-order valence-electron chi connectivity index (χ1n) is 7.54. The van der Waals surface area contributed by atoms with Gasteiger partial charge in [-0.1, -0.05) is 0 Å². The Balaban J connectivity index is 1.81. The average molecular weight is 319 g/mol. The molecule has 2 fully saturated rings. The molecule has 21 heavy (non-hydrogen) atoms. The van der Waals surface area contributed by atoms with E-state index in [0.717, 1.165) is 25.9 Å². The van der Waals surface area contributed by atoms with Crippen LogP contribution in [0.5, 0.6) is 0 Å². The molecule has 2 heterocycles. The SMILES string of the molecule is CN1CCCC(CNS(=O)(=O)N2CCC(C(=O)O)CC2)C1. The normalized spacial score (nSPS) is 26.8. The molecule has 7 nitrogen and oxygen atoms in total. The van der Waals surface area contributed by atoms with Crippen LogP contribution < -0.4 is 4.72 Å². The molecule has 2 saturated heterocycles. The zero-order chi connectivity index (χ0) is 15.5. The van der Waals surface area contributed by atoms with Crippen LogP contribution in [-0.4, -0.2) is 68.5 Å². The Bertz CT molecular complexity index is 460. The predicted molar refractivity (Wildman–Crippen MR) is 79.1 cm³/mol. The van der Waals surface area contributed by atoms with Crippen LogP contribution in [0.25, 0.3) is 0 Å². The van der Waals surface area contributed by atoms with Crippen molar-refractivity contribution in [1.82, 2.24) is 13.9 Å². The van der Waals surface area contributed by atoms with Crippen molar-refractivity contribution in [2.45, 2.75) is 25.7 Å². The maximum Gasteiger partial charge on any atom is 0.306 e.